The molecule has 2 fully saturated rings. The maximum atomic E-state index is 3.75. The molecule has 0 aromatic carbocycles. The summed E-state index contributed by atoms with van der Waals surface area (Å²) < 4.78 is 0. The molecular formula is C15H24N2S. The average molecular weight is 264 g/mol. The standard InChI is InChI=1S/C15H24N2S/c1-12(14-6-9-18-11-14)17-7-4-15(5-8-17)16-10-13-2-3-13/h6,9,11-13,15-16H,2-5,7-8,10H2,1H3. The van der Waals surface area contributed by atoms with Crippen LogP contribution in [0, 0.1) is 5.92 Å². The highest BCUT2D eigenvalue weighted by Crippen LogP contribution is 2.29. The second kappa shape index (κ2) is 5.72. The first-order valence-electron chi connectivity index (χ1n) is 7.32. The Morgan fingerprint density at radius 3 is 2.72 bits per heavy atom. The minimum absolute atomic E-state index is 0.598. The Morgan fingerprint density at radius 1 is 1.33 bits per heavy atom. The quantitative estimate of drug-likeness (QED) is 0.878. The molecule has 1 aliphatic carbocycles. The molecule has 0 spiro atoms. The maximum Gasteiger partial charge on any atom is 0.0328 e. The number of rotatable bonds is 5. The van der Waals surface area contributed by atoms with E-state index in [1.165, 1.54) is 50.9 Å². The Balaban J connectivity index is 1.44. The molecule has 1 aromatic heterocycles. The lowest BCUT2D eigenvalue weighted by molar-refractivity contribution is 0.152. The Labute approximate surface area is 114 Å². The Morgan fingerprint density at radius 2 is 2.11 bits per heavy atom. The summed E-state index contributed by atoms with van der Waals surface area (Å²) >= 11 is 1.81. The second-order valence-corrected chi connectivity index (χ2v) is 6.67. The lowest BCUT2D eigenvalue weighted by atomic mass is 10.0. The lowest BCUT2D eigenvalue weighted by Crippen LogP contribution is -2.43. The van der Waals surface area contributed by atoms with Crippen molar-refractivity contribution < 1.29 is 0 Å². The number of nitrogens with one attached hydrogen (secondary N) is 1. The molecule has 1 saturated heterocycles. The molecule has 2 nitrogen and oxygen atoms in total. The number of likely N-dealkylation sites (tertiary alicyclic amines) is 1. The van der Waals surface area contributed by atoms with Crippen LogP contribution in [0.15, 0.2) is 16.8 Å². The molecule has 0 bridgehead atoms. The van der Waals surface area contributed by atoms with Crippen LogP contribution in [0.2, 0.25) is 0 Å². The van der Waals surface area contributed by atoms with E-state index in [9.17, 15) is 0 Å². The fourth-order valence-electron chi connectivity index (χ4n) is 2.87. The van der Waals surface area contributed by atoms with E-state index in [1.54, 1.807) is 0 Å². The van der Waals surface area contributed by atoms with Crippen LogP contribution in [0.4, 0.5) is 0 Å². The highest BCUT2D eigenvalue weighted by Gasteiger charge is 2.26. The van der Waals surface area contributed by atoms with E-state index < -0.39 is 0 Å². The predicted octanol–water partition coefficient (Wildman–Crippen LogP) is 3.27. The zero-order chi connectivity index (χ0) is 12.4. The third-order valence-corrected chi connectivity index (χ3v) is 5.20. The second-order valence-electron chi connectivity index (χ2n) is 5.89. The molecule has 18 heavy (non-hydrogen) atoms. The fourth-order valence-corrected chi connectivity index (χ4v) is 3.62. The summed E-state index contributed by atoms with van der Waals surface area (Å²) in [5.41, 5.74) is 1.49. The van der Waals surface area contributed by atoms with Gasteiger partial charge in [0.05, 0.1) is 0 Å². The zero-order valence-electron chi connectivity index (χ0n) is 11.3. The number of nitrogens with zero attached hydrogens (tertiary/aromatic N) is 1. The van der Waals surface area contributed by atoms with Gasteiger partial charge in [0.2, 0.25) is 0 Å². The largest absolute Gasteiger partial charge is 0.314 e. The van der Waals surface area contributed by atoms with Crippen molar-refractivity contribution in [3.63, 3.8) is 0 Å². The monoisotopic (exact) mass is 264 g/mol. The summed E-state index contributed by atoms with van der Waals surface area (Å²) in [6.45, 7) is 6.11. The third kappa shape index (κ3) is 3.14. The van der Waals surface area contributed by atoms with Gasteiger partial charge < -0.3 is 5.32 Å². The van der Waals surface area contributed by atoms with Crippen LogP contribution in [0.25, 0.3) is 0 Å². The Hall–Kier alpha value is -0.380. The van der Waals surface area contributed by atoms with E-state index in [1.807, 2.05) is 11.3 Å². The molecule has 1 saturated carbocycles. The van der Waals surface area contributed by atoms with Gasteiger partial charge in [-0.1, -0.05) is 0 Å². The first kappa shape index (κ1) is 12.6. The first-order chi connectivity index (χ1) is 8.83. The normalized spacial score (nSPS) is 24.3. The lowest BCUT2D eigenvalue weighted by Gasteiger charge is -2.36. The predicted molar refractivity (Wildman–Crippen MR) is 78.1 cm³/mol. The van der Waals surface area contributed by atoms with Gasteiger partial charge in [-0.15, -0.1) is 0 Å². The van der Waals surface area contributed by atoms with Gasteiger partial charge in [-0.25, -0.2) is 0 Å². The molecule has 1 aliphatic heterocycles. The van der Waals surface area contributed by atoms with Crippen LogP contribution in [0.5, 0.6) is 0 Å². The van der Waals surface area contributed by atoms with Gasteiger partial charge in [-0.2, -0.15) is 11.3 Å². The number of thiophene rings is 1. The maximum absolute atomic E-state index is 3.75. The van der Waals surface area contributed by atoms with E-state index >= 15 is 0 Å². The van der Waals surface area contributed by atoms with Gasteiger partial charge in [-0.05, 0) is 67.5 Å². The van der Waals surface area contributed by atoms with Crippen LogP contribution < -0.4 is 5.32 Å². The van der Waals surface area contributed by atoms with Crippen molar-refractivity contribution in [2.24, 2.45) is 5.92 Å². The van der Waals surface area contributed by atoms with Crippen LogP contribution >= 0.6 is 11.3 Å². The van der Waals surface area contributed by atoms with E-state index in [4.69, 9.17) is 0 Å². The molecule has 1 aromatic rings. The smallest absolute Gasteiger partial charge is 0.0328 e. The van der Waals surface area contributed by atoms with Crippen LogP contribution in [-0.4, -0.2) is 30.6 Å². The molecular weight excluding hydrogens is 240 g/mol. The Bertz CT molecular complexity index is 351. The zero-order valence-corrected chi connectivity index (χ0v) is 12.1. The van der Waals surface area contributed by atoms with Crippen molar-refractivity contribution in [1.29, 1.82) is 0 Å². The third-order valence-electron chi connectivity index (χ3n) is 4.49. The van der Waals surface area contributed by atoms with Crippen LogP contribution in [-0.2, 0) is 0 Å². The topological polar surface area (TPSA) is 15.3 Å². The van der Waals surface area contributed by atoms with Crippen LogP contribution in [0.3, 0.4) is 0 Å². The summed E-state index contributed by atoms with van der Waals surface area (Å²) in [4.78, 5) is 2.64. The molecule has 3 rings (SSSR count). The van der Waals surface area contributed by atoms with Crippen molar-refractivity contribution in [3.05, 3.63) is 22.4 Å². The SMILES string of the molecule is CC(c1ccsc1)N1CCC(NCC2CC2)CC1. The van der Waals surface area contributed by atoms with E-state index in [0.29, 0.717) is 6.04 Å². The average Bonchev–Trinajstić information content (AvgIpc) is 3.08. The van der Waals surface area contributed by atoms with Crippen molar-refractivity contribution >= 4 is 11.3 Å². The van der Waals surface area contributed by atoms with Gasteiger partial charge in [0.15, 0.2) is 0 Å². The molecule has 3 heteroatoms. The van der Waals surface area contributed by atoms with E-state index in [0.717, 1.165) is 12.0 Å². The first-order valence-corrected chi connectivity index (χ1v) is 8.27. The van der Waals surface area contributed by atoms with Gasteiger partial charge in [0.25, 0.3) is 0 Å². The van der Waals surface area contributed by atoms with Gasteiger partial charge >= 0.3 is 0 Å². The van der Waals surface area contributed by atoms with Crippen molar-refractivity contribution in [3.8, 4) is 0 Å². The Kier molecular flexibility index (Phi) is 4.02. The van der Waals surface area contributed by atoms with Gasteiger partial charge in [0, 0.05) is 25.2 Å². The molecule has 0 radical (unpaired) electrons. The number of hydrogen-bond donors (Lipinski definition) is 1. The van der Waals surface area contributed by atoms with Crippen LogP contribution in [0.1, 0.15) is 44.2 Å². The molecule has 100 valence electrons. The van der Waals surface area contributed by atoms with E-state index in [2.05, 4.69) is 34.0 Å². The highest BCUT2D eigenvalue weighted by atomic mass is 32.1. The highest BCUT2D eigenvalue weighted by molar-refractivity contribution is 7.07. The fraction of sp³-hybridized carbons (Fsp3) is 0.733. The summed E-state index contributed by atoms with van der Waals surface area (Å²) in [7, 11) is 0. The molecule has 2 aliphatic rings. The minimum Gasteiger partial charge on any atom is -0.314 e. The van der Waals surface area contributed by atoms with Crippen molar-refractivity contribution in [2.75, 3.05) is 19.6 Å². The summed E-state index contributed by atoms with van der Waals surface area (Å²) in [5, 5.41) is 8.24. The summed E-state index contributed by atoms with van der Waals surface area (Å²) in [5.74, 6) is 1.01. The summed E-state index contributed by atoms with van der Waals surface area (Å²) in [6.07, 6.45) is 5.56. The minimum atomic E-state index is 0.598. The van der Waals surface area contributed by atoms with Gasteiger partial charge in [-0.3, -0.25) is 4.90 Å². The van der Waals surface area contributed by atoms with E-state index in [-0.39, 0.29) is 0 Å². The molecule has 2 heterocycles. The number of hydrogen-bond acceptors (Lipinski definition) is 3. The van der Waals surface area contributed by atoms with Crippen molar-refractivity contribution in [2.45, 2.75) is 44.7 Å². The van der Waals surface area contributed by atoms with Gasteiger partial charge in [0.1, 0.15) is 0 Å². The molecule has 1 unspecified atom stereocenters. The molecule has 1 N–H and O–H groups in total. The molecule has 0 amide bonds. The number of piperidine rings is 1. The summed E-state index contributed by atoms with van der Waals surface area (Å²) in [6, 6.07) is 3.64. The van der Waals surface area contributed by atoms with Crippen molar-refractivity contribution in [1.82, 2.24) is 10.2 Å². The molecule has 1 atom stereocenters.